The van der Waals surface area contributed by atoms with E-state index < -0.39 is 11.4 Å². The van der Waals surface area contributed by atoms with Crippen molar-refractivity contribution in [1.82, 2.24) is 4.98 Å². The molecular formula is C21H20N2O3S. The summed E-state index contributed by atoms with van der Waals surface area (Å²) in [6, 6.07) is 14.3. The summed E-state index contributed by atoms with van der Waals surface area (Å²) in [4.78, 5) is 27.8. The fourth-order valence-electron chi connectivity index (χ4n) is 2.37. The summed E-state index contributed by atoms with van der Waals surface area (Å²) in [7, 11) is 0. The van der Waals surface area contributed by atoms with E-state index in [4.69, 9.17) is 5.11 Å². The minimum absolute atomic E-state index is 0.0375. The van der Waals surface area contributed by atoms with Crippen LogP contribution < -0.4 is 5.32 Å². The molecule has 3 aromatic rings. The number of thiazole rings is 1. The first kappa shape index (κ1) is 18.8. The molecule has 0 bridgehead atoms. The van der Waals surface area contributed by atoms with E-state index in [0.717, 1.165) is 27.5 Å². The summed E-state index contributed by atoms with van der Waals surface area (Å²) in [5.74, 6) is -0.994. The van der Waals surface area contributed by atoms with Crippen LogP contribution in [-0.2, 0) is 4.79 Å². The maximum absolute atomic E-state index is 12.1. The summed E-state index contributed by atoms with van der Waals surface area (Å²) >= 11 is 1.46. The molecule has 2 N–H and O–H groups in total. The topological polar surface area (TPSA) is 79.3 Å². The molecule has 2 aromatic carbocycles. The molecule has 0 atom stereocenters. The molecule has 5 nitrogen and oxygen atoms in total. The number of carbonyl (C=O) groups excluding carboxylic acids is 1. The van der Waals surface area contributed by atoms with Crippen LogP contribution in [0.3, 0.4) is 0 Å². The lowest BCUT2D eigenvalue weighted by Crippen LogP contribution is -2.27. The Morgan fingerprint density at radius 1 is 1.04 bits per heavy atom. The molecule has 0 unspecified atom stereocenters. The standard InChI is InChI=1S/C21H20N2O3S/c1-21(2,3)20(26)22-16-9-7-13(8-10-16)17-12-27-18(23-17)14-5-4-6-15(11-14)19(24)25/h4-12H,1-3H3,(H,22,26)(H,24,25). The van der Waals surface area contributed by atoms with Crippen molar-refractivity contribution in [3.05, 3.63) is 59.5 Å². The molecule has 6 heteroatoms. The highest BCUT2D eigenvalue weighted by atomic mass is 32.1. The number of amides is 1. The Bertz CT molecular complexity index is 985. The van der Waals surface area contributed by atoms with Gasteiger partial charge in [0.1, 0.15) is 5.01 Å². The molecule has 27 heavy (non-hydrogen) atoms. The summed E-state index contributed by atoms with van der Waals surface area (Å²) in [6.45, 7) is 5.60. The number of hydrogen-bond donors (Lipinski definition) is 2. The molecule has 1 heterocycles. The van der Waals surface area contributed by atoms with E-state index in [2.05, 4.69) is 10.3 Å². The van der Waals surface area contributed by atoms with Crippen LogP contribution in [0.15, 0.2) is 53.9 Å². The zero-order chi connectivity index (χ0) is 19.6. The number of anilines is 1. The third kappa shape index (κ3) is 4.41. The molecule has 0 aliphatic carbocycles. The number of nitrogens with one attached hydrogen (secondary N) is 1. The molecule has 1 amide bonds. The SMILES string of the molecule is CC(C)(C)C(=O)Nc1ccc(-c2csc(-c3cccc(C(=O)O)c3)n2)cc1. The summed E-state index contributed by atoms with van der Waals surface area (Å²) < 4.78 is 0. The average Bonchev–Trinajstić information content (AvgIpc) is 3.12. The van der Waals surface area contributed by atoms with Crippen molar-refractivity contribution in [2.45, 2.75) is 20.8 Å². The highest BCUT2D eigenvalue weighted by Crippen LogP contribution is 2.30. The zero-order valence-electron chi connectivity index (χ0n) is 15.3. The molecule has 0 spiro atoms. The van der Waals surface area contributed by atoms with E-state index in [-0.39, 0.29) is 11.5 Å². The van der Waals surface area contributed by atoms with Crippen LogP contribution in [0.2, 0.25) is 0 Å². The minimum Gasteiger partial charge on any atom is -0.478 e. The quantitative estimate of drug-likeness (QED) is 0.655. The molecule has 0 fully saturated rings. The van der Waals surface area contributed by atoms with E-state index >= 15 is 0 Å². The third-order valence-electron chi connectivity index (χ3n) is 3.98. The van der Waals surface area contributed by atoms with Crippen molar-refractivity contribution >= 4 is 28.9 Å². The first-order chi connectivity index (χ1) is 12.7. The normalized spacial score (nSPS) is 11.2. The first-order valence-corrected chi connectivity index (χ1v) is 9.33. The Kier molecular flexibility index (Phi) is 5.10. The molecule has 0 aliphatic heterocycles. The Morgan fingerprint density at radius 3 is 2.37 bits per heavy atom. The van der Waals surface area contributed by atoms with Gasteiger partial charge in [0, 0.05) is 27.6 Å². The van der Waals surface area contributed by atoms with Crippen molar-refractivity contribution in [2.75, 3.05) is 5.32 Å². The summed E-state index contributed by atoms with van der Waals surface area (Å²) in [5.41, 5.74) is 3.05. The molecule has 3 rings (SSSR count). The third-order valence-corrected chi connectivity index (χ3v) is 4.87. The van der Waals surface area contributed by atoms with Gasteiger partial charge in [-0.15, -0.1) is 11.3 Å². The van der Waals surface area contributed by atoms with Gasteiger partial charge in [-0.3, -0.25) is 4.79 Å². The fraction of sp³-hybridized carbons (Fsp3) is 0.190. The molecule has 0 saturated heterocycles. The number of carboxylic acids is 1. The number of aromatic carboxylic acids is 1. The van der Waals surface area contributed by atoms with Gasteiger partial charge in [0.15, 0.2) is 0 Å². The van der Waals surface area contributed by atoms with E-state index in [1.165, 1.54) is 11.3 Å². The number of aromatic nitrogens is 1. The number of carbonyl (C=O) groups is 2. The van der Waals surface area contributed by atoms with Crippen molar-refractivity contribution in [3.8, 4) is 21.8 Å². The van der Waals surface area contributed by atoms with Gasteiger partial charge < -0.3 is 10.4 Å². The monoisotopic (exact) mass is 380 g/mol. The molecular weight excluding hydrogens is 360 g/mol. The predicted octanol–water partition coefficient (Wildman–Crippen LogP) is 5.16. The fourth-order valence-corrected chi connectivity index (χ4v) is 3.19. The summed E-state index contributed by atoms with van der Waals surface area (Å²) in [5, 5.41) is 14.7. The second-order valence-corrected chi connectivity index (χ2v) is 8.06. The van der Waals surface area contributed by atoms with Gasteiger partial charge in [0.25, 0.3) is 0 Å². The maximum Gasteiger partial charge on any atom is 0.335 e. The number of hydrogen-bond acceptors (Lipinski definition) is 4. The lowest BCUT2D eigenvalue weighted by atomic mass is 9.95. The largest absolute Gasteiger partial charge is 0.478 e. The van der Waals surface area contributed by atoms with Gasteiger partial charge in [-0.05, 0) is 24.3 Å². The van der Waals surface area contributed by atoms with E-state index in [1.807, 2.05) is 56.5 Å². The minimum atomic E-state index is -0.957. The number of carboxylic acid groups (broad SMARTS) is 1. The zero-order valence-corrected chi connectivity index (χ0v) is 16.1. The van der Waals surface area contributed by atoms with E-state index in [9.17, 15) is 9.59 Å². The van der Waals surface area contributed by atoms with Crippen molar-refractivity contribution in [1.29, 1.82) is 0 Å². The highest BCUT2D eigenvalue weighted by molar-refractivity contribution is 7.13. The van der Waals surface area contributed by atoms with Gasteiger partial charge in [0.2, 0.25) is 5.91 Å². The van der Waals surface area contributed by atoms with Gasteiger partial charge in [-0.25, -0.2) is 9.78 Å². The Labute approximate surface area is 161 Å². The molecule has 138 valence electrons. The van der Waals surface area contributed by atoms with Crippen LogP contribution in [0, 0.1) is 5.41 Å². The molecule has 0 radical (unpaired) electrons. The summed E-state index contributed by atoms with van der Waals surface area (Å²) in [6.07, 6.45) is 0. The molecule has 1 aromatic heterocycles. The lowest BCUT2D eigenvalue weighted by molar-refractivity contribution is -0.123. The van der Waals surface area contributed by atoms with Crippen LogP contribution in [0.25, 0.3) is 21.8 Å². The van der Waals surface area contributed by atoms with Gasteiger partial charge >= 0.3 is 5.97 Å². The van der Waals surface area contributed by atoms with E-state index in [0.29, 0.717) is 0 Å². The second-order valence-electron chi connectivity index (χ2n) is 7.21. The first-order valence-electron chi connectivity index (χ1n) is 8.45. The second kappa shape index (κ2) is 7.32. The molecule has 0 aliphatic rings. The number of rotatable bonds is 4. The van der Waals surface area contributed by atoms with Gasteiger partial charge in [0.05, 0.1) is 11.3 Å². The molecule has 0 saturated carbocycles. The van der Waals surface area contributed by atoms with Gasteiger partial charge in [-0.1, -0.05) is 45.0 Å². The van der Waals surface area contributed by atoms with Crippen LogP contribution in [-0.4, -0.2) is 22.0 Å². The van der Waals surface area contributed by atoms with Crippen LogP contribution in [0.5, 0.6) is 0 Å². The van der Waals surface area contributed by atoms with Crippen molar-refractivity contribution < 1.29 is 14.7 Å². The van der Waals surface area contributed by atoms with Crippen LogP contribution in [0.4, 0.5) is 5.69 Å². The predicted molar refractivity (Wildman–Crippen MR) is 108 cm³/mol. The highest BCUT2D eigenvalue weighted by Gasteiger charge is 2.21. The Hall–Kier alpha value is -2.99. The van der Waals surface area contributed by atoms with Crippen molar-refractivity contribution in [3.63, 3.8) is 0 Å². The van der Waals surface area contributed by atoms with Crippen LogP contribution in [0.1, 0.15) is 31.1 Å². The smallest absolute Gasteiger partial charge is 0.335 e. The van der Waals surface area contributed by atoms with Crippen molar-refractivity contribution in [2.24, 2.45) is 5.41 Å². The van der Waals surface area contributed by atoms with Crippen LogP contribution >= 0.6 is 11.3 Å². The average molecular weight is 380 g/mol. The number of nitrogens with zero attached hydrogens (tertiary/aromatic N) is 1. The lowest BCUT2D eigenvalue weighted by Gasteiger charge is -2.17. The van der Waals surface area contributed by atoms with Gasteiger partial charge in [-0.2, -0.15) is 0 Å². The Balaban J connectivity index is 1.80. The van der Waals surface area contributed by atoms with E-state index in [1.54, 1.807) is 18.2 Å². The number of benzene rings is 2. The maximum atomic E-state index is 12.1. The Morgan fingerprint density at radius 2 is 1.74 bits per heavy atom.